The van der Waals surface area contributed by atoms with E-state index in [2.05, 4.69) is 14.9 Å². The van der Waals surface area contributed by atoms with E-state index in [1.54, 1.807) is 13.3 Å². The molecule has 0 radical (unpaired) electrons. The normalized spacial score (nSPS) is 13.6. The number of hydrogen-bond acceptors (Lipinski definition) is 3. The highest BCUT2D eigenvalue weighted by atomic mass is 16.5. The molecule has 5 heteroatoms. The van der Waals surface area contributed by atoms with Gasteiger partial charge in [-0.2, -0.15) is 0 Å². The first-order valence-electron chi connectivity index (χ1n) is 7.24. The van der Waals surface area contributed by atoms with Crippen LogP contribution in [0.2, 0.25) is 0 Å². The molecule has 110 valence electrons. The van der Waals surface area contributed by atoms with Crippen molar-refractivity contribution in [2.45, 2.75) is 32.2 Å². The van der Waals surface area contributed by atoms with E-state index in [-0.39, 0.29) is 5.91 Å². The Hall–Kier alpha value is -2.30. The van der Waals surface area contributed by atoms with E-state index >= 15 is 0 Å². The fourth-order valence-electron chi connectivity index (χ4n) is 2.72. The Bertz CT molecular complexity index is 649. The van der Waals surface area contributed by atoms with Crippen molar-refractivity contribution in [3.63, 3.8) is 0 Å². The first-order chi connectivity index (χ1) is 10.3. The largest absolute Gasteiger partial charge is 0.496 e. The van der Waals surface area contributed by atoms with Crippen LogP contribution in [0, 0.1) is 0 Å². The van der Waals surface area contributed by atoms with Crippen LogP contribution in [-0.4, -0.2) is 22.6 Å². The summed E-state index contributed by atoms with van der Waals surface area (Å²) in [6.07, 6.45) is 5.35. The third-order valence-electron chi connectivity index (χ3n) is 3.78. The molecule has 5 nitrogen and oxygen atoms in total. The standard InChI is InChI=1S/C16H19N3O2/c1-21-13-7-3-2-6-12(13)10-16(20)18-15-11-17-14-8-4-5-9-19(14)15/h2-3,6-7,11H,4-5,8-10H2,1H3,(H,18,20). The van der Waals surface area contributed by atoms with Crippen LogP contribution in [0.1, 0.15) is 24.2 Å². The van der Waals surface area contributed by atoms with Gasteiger partial charge in [0.15, 0.2) is 0 Å². The second kappa shape index (κ2) is 5.99. The number of anilines is 1. The monoisotopic (exact) mass is 285 g/mol. The van der Waals surface area contributed by atoms with Gasteiger partial charge in [0.25, 0.3) is 0 Å². The number of methoxy groups -OCH3 is 1. The average molecular weight is 285 g/mol. The molecule has 3 rings (SSSR count). The highest BCUT2D eigenvalue weighted by molar-refractivity contribution is 5.91. The molecular formula is C16H19N3O2. The lowest BCUT2D eigenvalue weighted by Crippen LogP contribution is -2.19. The van der Waals surface area contributed by atoms with Crippen molar-refractivity contribution in [2.24, 2.45) is 0 Å². The molecule has 1 aliphatic rings. The molecule has 21 heavy (non-hydrogen) atoms. The van der Waals surface area contributed by atoms with Crippen LogP contribution in [0.4, 0.5) is 5.82 Å². The fraction of sp³-hybridized carbons (Fsp3) is 0.375. The summed E-state index contributed by atoms with van der Waals surface area (Å²) in [6, 6.07) is 7.58. The number of imidazole rings is 1. The number of carbonyl (C=O) groups excluding carboxylic acids is 1. The summed E-state index contributed by atoms with van der Waals surface area (Å²) in [4.78, 5) is 16.6. The molecule has 2 heterocycles. The van der Waals surface area contributed by atoms with E-state index < -0.39 is 0 Å². The molecule has 1 N–H and O–H groups in total. The van der Waals surface area contributed by atoms with Crippen molar-refractivity contribution >= 4 is 11.7 Å². The number of benzene rings is 1. The molecule has 0 spiro atoms. The smallest absolute Gasteiger partial charge is 0.230 e. The molecule has 1 aliphatic heterocycles. The number of nitrogens with one attached hydrogen (secondary N) is 1. The quantitative estimate of drug-likeness (QED) is 0.938. The number of carbonyl (C=O) groups is 1. The van der Waals surface area contributed by atoms with E-state index in [9.17, 15) is 4.79 Å². The van der Waals surface area contributed by atoms with Crippen LogP contribution < -0.4 is 10.1 Å². The van der Waals surface area contributed by atoms with Crippen LogP contribution in [0.3, 0.4) is 0 Å². The van der Waals surface area contributed by atoms with Crippen molar-refractivity contribution < 1.29 is 9.53 Å². The molecule has 2 aromatic rings. The SMILES string of the molecule is COc1ccccc1CC(=O)Nc1cnc2n1CCCC2. The lowest BCUT2D eigenvalue weighted by Gasteiger charge is -2.16. The van der Waals surface area contributed by atoms with E-state index in [1.165, 1.54) is 6.42 Å². The number of hydrogen-bond donors (Lipinski definition) is 1. The molecule has 0 atom stereocenters. The van der Waals surface area contributed by atoms with Crippen molar-refractivity contribution in [3.8, 4) is 5.75 Å². The molecule has 0 saturated carbocycles. The van der Waals surface area contributed by atoms with Gasteiger partial charge in [-0.15, -0.1) is 0 Å². The Labute approximate surface area is 124 Å². The maximum atomic E-state index is 12.2. The zero-order valence-electron chi connectivity index (χ0n) is 12.1. The highest BCUT2D eigenvalue weighted by Crippen LogP contribution is 2.21. The minimum absolute atomic E-state index is 0.0484. The van der Waals surface area contributed by atoms with Crippen LogP contribution in [0.15, 0.2) is 30.5 Å². The topological polar surface area (TPSA) is 56.1 Å². The van der Waals surface area contributed by atoms with Gasteiger partial charge >= 0.3 is 0 Å². The molecule has 1 aromatic carbocycles. The van der Waals surface area contributed by atoms with Crippen molar-refractivity contribution in [2.75, 3.05) is 12.4 Å². The van der Waals surface area contributed by atoms with E-state index in [1.807, 2.05) is 24.3 Å². The first kappa shape index (κ1) is 13.7. The van der Waals surface area contributed by atoms with Crippen LogP contribution in [-0.2, 0) is 24.2 Å². The zero-order valence-corrected chi connectivity index (χ0v) is 12.1. The summed E-state index contributed by atoms with van der Waals surface area (Å²) in [5.41, 5.74) is 0.885. The summed E-state index contributed by atoms with van der Waals surface area (Å²) in [5.74, 6) is 2.55. The molecule has 1 amide bonds. The second-order valence-electron chi connectivity index (χ2n) is 5.21. The summed E-state index contributed by atoms with van der Waals surface area (Å²) >= 11 is 0. The minimum Gasteiger partial charge on any atom is -0.496 e. The third-order valence-corrected chi connectivity index (χ3v) is 3.78. The zero-order chi connectivity index (χ0) is 14.7. The average Bonchev–Trinajstić information content (AvgIpc) is 2.91. The summed E-state index contributed by atoms with van der Waals surface area (Å²) in [5, 5.41) is 2.96. The van der Waals surface area contributed by atoms with E-state index in [4.69, 9.17) is 4.74 Å². The van der Waals surface area contributed by atoms with Gasteiger partial charge in [-0.05, 0) is 18.9 Å². The lowest BCUT2D eigenvalue weighted by molar-refractivity contribution is -0.115. The van der Waals surface area contributed by atoms with Crippen LogP contribution >= 0.6 is 0 Å². The summed E-state index contributed by atoms with van der Waals surface area (Å²) in [7, 11) is 1.62. The number of nitrogens with zero attached hydrogens (tertiary/aromatic N) is 2. The van der Waals surface area contributed by atoms with Gasteiger partial charge in [-0.3, -0.25) is 4.79 Å². The number of ether oxygens (including phenoxy) is 1. The Morgan fingerprint density at radius 1 is 1.38 bits per heavy atom. The Morgan fingerprint density at radius 2 is 2.24 bits per heavy atom. The Balaban J connectivity index is 1.71. The van der Waals surface area contributed by atoms with E-state index in [0.717, 1.165) is 42.3 Å². The number of fused-ring (bicyclic) bond motifs is 1. The summed E-state index contributed by atoms with van der Waals surface area (Å²) in [6.45, 7) is 0.930. The van der Waals surface area contributed by atoms with Gasteiger partial charge in [0.2, 0.25) is 5.91 Å². The Morgan fingerprint density at radius 3 is 3.10 bits per heavy atom. The molecular weight excluding hydrogens is 266 g/mol. The number of rotatable bonds is 4. The molecule has 0 fully saturated rings. The Kier molecular flexibility index (Phi) is 3.90. The van der Waals surface area contributed by atoms with Crippen molar-refractivity contribution in [3.05, 3.63) is 41.9 Å². The maximum absolute atomic E-state index is 12.2. The van der Waals surface area contributed by atoms with Crippen LogP contribution in [0.5, 0.6) is 5.75 Å². The van der Waals surface area contributed by atoms with Gasteiger partial charge in [-0.1, -0.05) is 18.2 Å². The lowest BCUT2D eigenvalue weighted by atomic mass is 10.1. The first-order valence-corrected chi connectivity index (χ1v) is 7.24. The predicted molar refractivity (Wildman–Crippen MR) is 80.5 cm³/mol. The molecule has 0 bridgehead atoms. The predicted octanol–water partition coefficient (Wildman–Crippen LogP) is 2.41. The molecule has 0 aliphatic carbocycles. The third kappa shape index (κ3) is 2.91. The maximum Gasteiger partial charge on any atom is 0.230 e. The molecule has 0 unspecified atom stereocenters. The summed E-state index contributed by atoms with van der Waals surface area (Å²) < 4.78 is 7.38. The van der Waals surface area contributed by atoms with Gasteiger partial charge in [0.1, 0.15) is 17.4 Å². The molecule has 0 saturated heterocycles. The van der Waals surface area contributed by atoms with Gasteiger partial charge in [-0.25, -0.2) is 4.98 Å². The molecule has 1 aromatic heterocycles. The minimum atomic E-state index is -0.0484. The fourth-order valence-corrected chi connectivity index (χ4v) is 2.72. The van der Waals surface area contributed by atoms with Crippen molar-refractivity contribution in [1.82, 2.24) is 9.55 Å². The van der Waals surface area contributed by atoms with Crippen LogP contribution in [0.25, 0.3) is 0 Å². The second-order valence-corrected chi connectivity index (χ2v) is 5.21. The number of aryl methyl sites for hydroxylation is 1. The number of aromatic nitrogens is 2. The van der Waals surface area contributed by atoms with E-state index in [0.29, 0.717) is 6.42 Å². The van der Waals surface area contributed by atoms with Gasteiger partial charge in [0, 0.05) is 18.5 Å². The van der Waals surface area contributed by atoms with Gasteiger partial charge in [0.05, 0.1) is 19.7 Å². The van der Waals surface area contributed by atoms with Gasteiger partial charge < -0.3 is 14.6 Å². The number of para-hydroxylation sites is 1. The number of amides is 1. The van der Waals surface area contributed by atoms with Crippen molar-refractivity contribution in [1.29, 1.82) is 0 Å². The highest BCUT2D eigenvalue weighted by Gasteiger charge is 2.16.